The Bertz CT molecular complexity index is 2170. The van der Waals surface area contributed by atoms with Gasteiger partial charge in [0, 0.05) is 5.56 Å². The van der Waals surface area contributed by atoms with E-state index in [1.54, 1.807) is 37.7 Å². The highest BCUT2D eigenvalue weighted by molar-refractivity contribution is 6.74. The number of carbonyl (C=O) groups is 1. The molecule has 284 valence electrons. The number of ether oxygens (including phenoxy) is 2. The lowest BCUT2D eigenvalue weighted by molar-refractivity contribution is -0.0465. The lowest BCUT2D eigenvalue weighted by Crippen LogP contribution is -2.59. The molecule has 11 nitrogen and oxygen atoms in total. The fourth-order valence-electron chi connectivity index (χ4n) is 7.05. The molecule has 1 aliphatic heterocycles. The van der Waals surface area contributed by atoms with Crippen molar-refractivity contribution >= 4 is 31.2 Å². The van der Waals surface area contributed by atoms with Crippen LogP contribution in [0, 0.1) is 0 Å². The van der Waals surface area contributed by atoms with Gasteiger partial charge in [-0.25, -0.2) is 15.0 Å². The summed E-state index contributed by atoms with van der Waals surface area (Å²) in [6, 6.07) is 37.0. The Hall–Kier alpha value is -5.24. The molecule has 1 aliphatic rings. The topological polar surface area (TPSA) is 133 Å². The van der Waals surface area contributed by atoms with Crippen LogP contribution in [0.2, 0.25) is 18.1 Å². The van der Waals surface area contributed by atoms with Gasteiger partial charge in [-0.15, -0.1) is 0 Å². The molecule has 0 radical (unpaired) electrons. The summed E-state index contributed by atoms with van der Waals surface area (Å²) in [4.78, 5) is 26.9. The predicted molar refractivity (Wildman–Crippen MR) is 215 cm³/mol. The van der Waals surface area contributed by atoms with Gasteiger partial charge in [-0.2, -0.15) is 0 Å². The van der Waals surface area contributed by atoms with E-state index in [9.17, 15) is 9.90 Å². The smallest absolute Gasteiger partial charge is 0.256 e. The number of hydrogen-bond donors (Lipinski definition) is 3. The molecule has 55 heavy (non-hydrogen) atoms. The minimum Gasteiger partial charge on any atom is -0.497 e. The third-order valence-corrected chi connectivity index (χ3v) is 15.5. The van der Waals surface area contributed by atoms with E-state index < -0.39 is 38.3 Å². The van der Waals surface area contributed by atoms with Crippen LogP contribution in [0.4, 0.5) is 5.82 Å². The second-order valence-corrected chi connectivity index (χ2v) is 20.1. The van der Waals surface area contributed by atoms with E-state index in [-0.39, 0.29) is 23.4 Å². The first-order chi connectivity index (χ1) is 26.5. The zero-order valence-corrected chi connectivity index (χ0v) is 33.0. The quantitative estimate of drug-likeness (QED) is 0.0869. The van der Waals surface area contributed by atoms with Crippen molar-refractivity contribution in [1.82, 2.24) is 24.8 Å². The van der Waals surface area contributed by atoms with Crippen molar-refractivity contribution in [3.8, 4) is 5.75 Å². The number of aliphatic hydroxyl groups is 1. The number of aliphatic hydroxyl groups excluding tert-OH is 1. The van der Waals surface area contributed by atoms with Gasteiger partial charge >= 0.3 is 0 Å². The van der Waals surface area contributed by atoms with Gasteiger partial charge < -0.3 is 24.3 Å². The molecule has 0 spiro atoms. The summed E-state index contributed by atoms with van der Waals surface area (Å²) in [5, 5.41) is 18.0. The van der Waals surface area contributed by atoms with Gasteiger partial charge in [-0.3, -0.25) is 14.7 Å². The van der Waals surface area contributed by atoms with Crippen molar-refractivity contribution in [2.24, 2.45) is 0 Å². The van der Waals surface area contributed by atoms with E-state index in [0.717, 1.165) is 22.4 Å². The average molecular weight is 757 g/mol. The Labute approximate surface area is 322 Å². The standard InChI is InChI=1S/C43H48N6O5Si/c1-42(2,3)55(5,6)54-37-35(48-43(30-18-12-8-13-19-30,31-20-14-9-15-21-31)32-22-24-33(52-4)25-23-32)34(26-50)53-41(37)49-28-46-36-38(44-27-45-39(36)49)47-40(51)29-16-10-7-11-17-29/h7-25,27-28,34-35,37,41,48,50H,26H2,1-6H3,(H,44,45,47,51)/t34-,35-,37-,41-/m1/s1. The molecule has 3 heterocycles. The van der Waals surface area contributed by atoms with Crippen LogP contribution in [0.1, 0.15) is 54.0 Å². The first-order valence-corrected chi connectivity index (χ1v) is 21.4. The van der Waals surface area contributed by atoms with Crippen molar-refractivity contribution in [3.05, 3.63) is 150 Å². The molecule has 1 fully saturated rings. The minimum atomic E-state index is -2.51. The number of aromatic nitrogens is 4. The normalized spacial score (nSPS) is 19.0. The van der Waals surface area contributed by atoms with Gasteiger partial charge in [0.1, 0.15) is 24.3 Å². The van der Waals surface area contributed by atoms with E-state index in [1.165, 1.54) is 6.33 Å². The molecule has 7 rings (SSSR count). The summed E-state index contributed by atoms with van der Waals surface area (Å²) < 4.78 is 21.7. The van der Waals surface area contributed by atoms with Crippen LogP contribution in [0.3, 0.4) is 0 Å². The maximum Gasteiger partial charge on any atom is 0.256 e. The zero-order chi connectivity index (χ0) is 38.8. The Balaban J connectivity index is 1.38. The van der Waals surface area contributed by atoms with Crippen molar-refractivity contribution in [2.75, 3.05) is 19.0 Å². The molecule has 0 unspecified atom stereocenters. The number of amides is 1. The fraction of sp³-hybridized carbons (Fsp3) is 0.302. The number of methoxy groups -OCH3 is 1. The number of nitrogens with one attached hydrogen (secondary N) is 2. The van der Waals surface area contributed by atoms with Gasteiger partial charge in [0.05, 0.1) is 31.6 Å². The van der Waals surface area contributed by atoms with Crippen LogP contribution in [-0.2, 0) is 14.7 Å². The molecule has 0 bridgehead atoms. The fourth-order valence-corrected chi connectivity index (χ4v) is 8.35. The summed E-state index contributed by atoms with van der Waals surface area (Å²) in [7, 11) is -0.856. The lowest BCUT2D eigenvalue weighted by atomic mass is 9.76. The van der Waals surface area contributed by atoms with Gasteiger partial charge in [-0.05, 0) is 59.1 Å². The van der Waals surface area contributed by atoms with Gasteiger partial charge in [0.2, 0.25) is 0 Å². The third kappa shape index (κ3) is 7.31. The van der Waals surface area contributed by atoms with Gasteiger partial charge in [-0.1, -0.05) is 112 Å². The highest BCUT2D eigenvalue weighted by Gasteiger charge is 2.54. The number of hydrogen-bond acceptors (Lipinski definition) is 9. The third-order valence-electron chi connectivity index (χ3n) is 11.0. The largest absolute Gasteiger partial charge is 0.497 e. The second kappa shape index (κ2) is 15.5. The van der Waals surface area contributed by atoms with Crippen molar-refractivity contribution in [1.29, 1.82) is 0 Å². The number of nitrogens with zero attached hydrogens (tertiary/aromatic N) is 4. The average Bonchev–Trinajstić information content (AvgIpc) is 3.78. The first-order valence-electron chi connectivity index (χ1n) is 18.5. The lowest BCUT2D eigenvalue weighted by Gasteiger charge is -2.44. The van der Waals surface area contributed by atoms with Crippen LogP contribution in [0.5, 0.6) is 5.75 Å². The zero-order valence-electron chi connectivity index (χ0n) is 32.0. The molecule has 4 aromatic carbocycles. The monoisotopic (exact) mass is 756 g/mol. The number of benzene rings is 4. The van der Waals surface area contributed by atoms with Gasteiger partial charge in [0.15, 0.2) is 31.5 Å². The van der Waals surface area contributed by atoms with Crippen LogP contribution in [0.25, 0.3) is 11.2 Å². The molecule has 2 aromatic heterocycles. The van der Waals surface area contributed by atoms with E-state index >= 15 is 0 Å². The minimum absolute atomic E-state index is 0.153. The molecule has 3 N–H and O–H groups in total. The summed E-state index contributed by atoms with van der Waals surface area (Å²) in [6.07, 6.45) is 0.950. The molecular weight excluding hydrogens is 709 g/mol. The predicted octanol–water partition coefficient (Wildman–Crippen LogP) is 7.32. The van der Waals surface area contributed by atoms with E-state index in [2.05, 4.69) is 90.9 Å². The van der Waals surface area contributed by atoms with E-state index in [0.29, 0.717) is 16.7 Å². The van der Waals surface area contributed by atoms with Crippen molar-refractivity contribution < 1.29 is 23.8 Å². The Morgan fingerprint density at radius 1 is 0.836 bits per heavy atom. The summed E-state index contributed by atoms with van der Waals surface area (Å²) in [5.41, 5.74) is 3.39. The molecule has 1 amide bonds. The Morgan fingerprint density at radius 2 is 1.42 bits per heavy atom. The molecule has 0 saturated carbocycles. The van der Waals surface area contributed by atoms with Crippen molar-refractivity contribution in [3.63, 3.8) is 0 Å². The first kappa shape index (κ1) is 38.0. The second-order valence-electron chi connectivity index (χ2n) is 15.3. The van der Waals surface area contributed by atoms with Crippen molar-refractivity contribution in [2.45, 2.75) is 68.9 Å². The summed E-state index contributed by atoms with van der Waals surface area (Å²) >= 11 is 0. The number of imidazole rings is 1. The van der Waals surface area contributed by atoms with Crippen LogP contribution in [-0.4, -0.2) is 70.8 Å². The highest BCUT2D eigenvalue weighted by Crippen LogP contribution is 2.45. The van der Waals surface area contributed by atoms with Crippen LogP contribution in [0.15, 0.2) is 128 Å². The number of fused-ring (bicyclic) bond motifs is 1. The van der Waals surface area contributed by atoms with Crippen LogP contribution >= 0.6 is 0 Å². The molecule has 1 saturated heterocycles. The highest BCUT2D eigenvalue weighted by atomic mass is 28.4. The molecular formula is C43H48N6O5Si. The number of anilines is 1. The van der Waals surface area contributed by atoms with E-state index in [4.69, 9.17) is 18.9 Å². The van der Waals surface area contributed by atoms with Crippen LogP contribution < -0.4 is 15.4 Å². The molecule has 12 heteroatoms. The Morgan fingerprint density at radius 3 is 1.98 bits per heavy atom. The number of carbonyl (C=O) groups excluding carboxylic acids is 1. The summed E-state index contributed by atoms with van der Waals surface area (Å²) in [6.45, 7) is 10.7. The molecule has 4 atom stereocenters. The molecule has 6 aromatic rings. The van der Waals surface area contributed by atoms with E-state index in [1.807, 2.05) is 59.2 Å². The maximum atomic E-state index is 13.2. The number of rotatable bonds is 12. The summed E-state index contributed by atoms with van der Waals surface area (Å²) in [5.74, 6) is 0.703. The Kier molecular flexibility index (Phi) is 10.7. The maximum absolute atomic E-state index is 13.2. The molecule has 0 aliphatic carbocycles. The van der Waals surface area contributed by atoms with Gasteiger partial charge in [0.25, 0.3) is 5.91 Å². The SMILES string of the molecule is COc1ccc(C(N[C@H]2[C@@H](O[Si](C)(C)C(C)(C)C)[C@H](n3cnc4c(NC(=O)c5ccccc5)ncnc43)O[C@@H]2CO)(c2ccccc2)c2ccccc2)cc1.